The van der Waals surface area contributed by atoms with Crippen molar-refractivity contribution in [2.75, 3.05) is 57.8 Å². The van der Waals surface area contributed by atoms with E-state index in [1.807, 2.05) is 25.2 Å². The molecule has 1 N–H and O–H groups in total. The largest absolute Gasteiger partial charge is 0.374 e. The molecule has 2 saturated heterocycles. The van der Waals surface area contributed by atoms with Crippen LogP contribution in [0, 0.1) is 11.7 Å². The first-order valence-electron chi connectivity index (χ1n) is 13.7. The quantitative estimate of drug-likeness (QED) is 0.544. The van der Waals surface area contributed by atoms with Crippen LogP contribution in [0.1, 0.15) is 43.6 Å². The molecule has 0 radical (unpaired) electrons. The molecule has 5 rings (SSSR count). The second-order valence-corrected chi connectivity index (χ2v) is 12.6. The van der Waals surface area contributed by atoms with E-state index in [1.165, 1.54) is 6.07 Å². The minimum atomic E-state index is -3.61. The van der Waals surface area contributed by atoms with E-state index in [4.69, 9.17) is 4.74 Å². The molecule has 11 heteroatoms. The average Bonchev–Trinajstić information content (AvgIpc) is 2.93. The van der Waals surface area contributed by atoms with Gasteiger partial charge < -0.3 is 14.5 Å². The topological polar surface area (TPSA) is 90.9 Å². The summed E-state index contributed by atoms with van der Waals surface area (Å²) in [6.45, 7) is 4.24. The summed E-state index contributed by atoms with van der Waals surface area (Å²) in [7, 11) is -1.60. The van der Waals surface area contributed by atoms with Crippen LogP contribution in [0.4, 0.5) is 10.2 Å². The maximum atomic E-state index is 13.7. The van der Waals surface area contributed by atoms with E-state index in [2.05, 4.69) is 24.7 Å². The van der Waals surface area contributed by atoms with Gasteiger partial charge in [-0.2, -0.15) is 22.5 Å². The van der Waals surface area contributed by atoms with Crippen molar-refractivity contribution < 1.29 is 17.5 Å². The molecule has 208 valence electrons. The van der Waals surface area contributed by atoms with E-state index in [-0.39, 0.29) is 18.0 Å². The Bertz CT molecular complexity index is 1140. The van der Waals surface area contributed by atoms with Gasteiger partial charge in [0.15, 0.2) is 5.82 Å². The summed E-state index contributed by atoms with van der Waals surface area (Å²) < 4.78 is 51.2. The van der Waals surface area contributed by atoms with Crippen molar-refractivity contribution in [1.82, 2.24) is 24.1 Å². The van der Waals surface area contributed by atoms with Crippen molar-refractivity contribution in [3.8, 4) is 0 Å². The summed E-state index contributed by atoms with van der Waals surface area (Å²) in [5.74, 6) is 1.38. The van der Waals surface area contributed by atoms with Crippen LogP contribution in [0.5, 0.6) is 0 Å². The first-order chi connectivity index (χ1) is 18.4. The fraction of sp³-hybridized carbons (Fsp3) is 0.630. The van der Waals surface area contributed by atoms with Crippen LogP contribution in [-0.4, -0.2) is 92.9 Å². The van der Waals surface area contributed by atoms with E-state index in [9.17, 15) is 12.8 Å². The minimum Gasteiger partial charge on any atom is -0.374 e. The Morgan fingerprint density at radius 1 is 1.03 bits per heavy atom. The van der Waals surface area contributed by atoms with Crippen LogP contribution >= 0.6 is 0 Å². The van der Waals surface area contributed by atoms with Gasteiger partial charge in [0.1, 0.15) is 5.82 Å². The van der Waals surface area contributed by atoms with Crippen LogP contribution in [-0.2, 0) is 14.9 Å². The Kier molecular flexibility index (Phi) is 8.89. The van der Waals surface area contributed by atoms with E-state index in [0.29, 0.717) is 51.0 Å². The Labute approximate surface area is 225 Å². The molecule has 0 unspecified atom stereocenters. The number of ether oxygens (including phenoxy) is 1. The lowest BCUT2D eigenvalue weighted by Gasteiger charge is -2.41. The van der Waals surface area contributed by atoms with Crippen LogP contribution in [0.15, 0.2) is 42.6 Å². The van der Waals surface area contributed by atoms with Gasteiger partial charge in [-0.05, 0) is 80.8 Å². The third-order valence-corrected chi connectivity index (χ3v) is 9.90. The summed E-state index contributed by atoms with van der Waals surface area (Å²) in [6.07, 6.45) is 6.02. The number of anilines is 1. The minimum absolute atomic E-state index is 0.178. The monoisotopic (exact) mass is 546 g/mol. The molecule has 2 atom stereocenters. The summed E-state index contributed by atoms with van der Waals surface area (Å²) in [5.41, 5.74) is 1.08. The number of hydrogen-bond acceptors (Lipinski definition) is 7. The number of rotatable bonds is 8. The third kappa shape index (κ3) is 6.87. The highest BCUT2D eigenvalue weighted by Gasteiger charge is 2.36. The summed E-state index contributed by atoms with van der Waals surface area (Å²) in [5, 5.41) is 8.26. The molecule has 1 saturated carbocycles. The van der Waals surface area contributed by atoms with Crippen LogP contribution in [0.3, 0.4) is 0 Å². The molecule has 1 aromatic heterocycles. The SMILES string of the molecule is CN1CCN(S(=O)(=O)N[C@H]2CCN(c3cccnn3)C[C@H]2OCC2CCC(c3cccc(F)c3)CC2)CC1. The van der Waals surface area contributed by atoms with Gasteiger partial charge in [0.2, 0.25) is 0 Å². The number of aromatic nitrogens is 2. The molecule has 3 heterocycles. The van der Waals surface area contributed by atoms with Gasteiger partial charge in [-0.1, -0.05) is 12.1 Å². The third-order valence-electron chi connectivity index (χ3n) is 8.26. The standard InChI is InChI=1S/C27H39FN6O3S/c1-32-14-16-34(17-15-32)38(35,36)31-25-11-13-33(27-6-3-12-29-30-27)19-26(25)37-20-21-7-9-22(10-8-21)23-4-2-5-24(28)18-23/h2-6,12,18,21-22,25-26,31H,7-11,13-17,19-20H2,1H3/t21?,22?,25-,26+/m0/s1. The van der Waals surface area contributed by atoms with Crippen molar-refractivity contribution >= 4 is 16.0 Å². The highest BCUT2D eigenvalue weighted by atomic mass is 32.2. The number of nitrogens with one attached hydrogen (secondary N) is 1. The van der Waals surface area contributed by atoms with Crippen LogP contribution in [0.25, 0.3) is 0 Å². The predicted molar refractivity (Wildman–Crippen MR) is 145 cm³/mol. The highest BCUT2D eigenvalue weighted by molar-refractivity contribution is 7.87. The molecule has 0 spiro atoms. The van der Waals surface area contributed by atoms with Crippen LogP contribution < -0.4 is 9.62 Å². The molecule has 1 aromatic carbocycles. The number of hydrogen-bond donors (Lipinski definition) is 1. The normalized spacial score (nSPS) is 27.9. The van der Waals surface area contributed by atoms with Crippen molar-refractivity contribution in [1.29, 1.82) is 0 Å². The predicted octanol–water partition coefficient (Wildman–Crippen LogP) is 2.64. The molecular weight excluding hydrogens is 507 g/mol. The van der Waals surface area contributed by atoms with E-state index in [0.717, 1.165) is 50.2 Å². The smallest absolute Gasteiger partial charge is 0.279 e. The second kappa shape index (κ2) is 12.3. The van der Waals surface area contributed by atoms with Gasteiger partial charge in [0.05, 0.1) is 12.1 Å². The number of piperidine rings is 1. The average molecular weight is 547 g/mol. The Hall–Kier alpha value is -2.18. The van der Waals surface area contributed by atoms with Gasteiger partial charge in [0.25, 0.3) is 10.2 Å². The summed E-state index contributed by atoms with van der Waals surface area (Å²) in [4.78, 5) is 4.26. The number of halogens is 1. The molecular formula is C27H39FN6O3S. The van der Waals surface area contributed by atoms with Crippen molar-refractivity contribution in [2.24, 2.45) is 5.92 Å². The van der Waals surface area contributed by atoms with Crippen molar-refractivity contribution in [2.45, 2.75) is 50.2 Å². The maximum Gasteiger partial charge on any atom is 0.279 e. The molecule has 2 aromatic rings. The number of benzene rings is 1. The Balaban J connectivity index is 1.21. The fourth-order valence-corrected chi connectivity index (χ4v) is 7.31. The lowest BCUT2D eigenvalue weighted by Crippen LogP contribution is -2.59. The van der Waals surface area contributed by atoms with Crippen LogP contribution in [0.2, 0.25) is 0 Å². The zero-order valence-electron chi connectivity index (χ0n) is 22.1. The molecule has 1 aliphatic carbocycles. The molecule has 38 heavy (non-hydrogen) atoms. The Morgan fingerprint density at radius 2 is 1.82 bits per heavy atom. The lowest BCUT2D eigenvalue weighted by atomic mass is 9.79. The van der Waals surface area contributed by atoms with Gasteiger partial charge in [-0.15, -0.1) is 5.10 Å². The highest BCUT2D eigenvalue weighted by Crippen LogP contribution is 2.36. The molecule has 3 aliphatic rings. The zero-order valence-corrected chi connectivity index (χ0v) is 22.9. The molecule has 2 aliphatic heterocycles. The Morgan fingerprint density at radius 3 is 2.53 bits per heavy atom. The first kappa shape index (κ1) is 27.4. The molecule has 9 nitrogen and oxygen atoms in total. The van der Waals surface area contributed by atoms with Gasteiger partial charge in [-0.3, -0.25) is 0 Å². The molecule has 0 amide bonds. The number of piperazine rings is 1. The fourth-order valence-electron chi connectivity index (χ4n) is 5.87. The maximum absolute atomic E-state index is 13.7. The van der Waals surface area contributed by atoms with E-state index >= 15 is 0 Å². The lowest BCUT2D eigenvalue weighted by molar-refractivity contribution is -0.00172. The van der Waals surface area contributed by atoms with Gasteiger partial charge in [0, 0.05) is 52.1 Å². The molecule has 0 bridgehead atoms. The first-order valence-corrected chi connectivity index (χ1v) is 15.2. The van der Waals surface area contributed by atoms with Gasteiger partial charge >= 0.3 is 0 Å². The van der Waals surface area contributed by atoms with Crippen molar-refractivity contribution in [3.63, 3.8) is 0 Å². The zero-order chi connectivity index (χ0) is 26.5. The van der Waals surface area contributed by atoms with Crippen molar-refractivity contribution in [3.05, 3.63) is 54.0 Å². The number of nitrogens with zero attached hydrogens (tertiary/aromatic N) is 5. The number of likely N-dealkylation sites (N-methyl/N-ethyl adjacent to an activating group) is 1. The van der Waals surface area contributed by atoms with E-state index in [1.54, 1.807) is 22.6 Å². The summed E-state index contributed by atoms with van der Waals surface area (Å²) >= 11 is 0. The molecule has 3 fully saturated rings. The summed E-state index contributed by atoms with van der Waals surface area (Å²) in [6, 6.07) is 10.4. The second-order valence-electron chi connectivity index (χ2n) is 10.9. The van der Waals surface area contributed by atoms with Gasteiger partial charge in [-0.25, -0.2) is 4.39 Å². The van der Waals surface area contributed by atoms with E-state index < -0.39 is 10.2 Å².